The van der Waals surface area contributed by atoms with E-state index >= 15 is 0 Å². The Morgan fingerprint density at radius 1 is 1.07 bits per heavy atom. The number of benzene rings is 2. The summed E-state index contributed by atoms with van der Waals surface area (Å²) in [6.07, 6.45) is 6.44. The Hall–Kier alpha value is -3.99. The Balaban J connectivity index is 1.47. The fraction of sp³-hybridized carbons (Fsp3) is 0.429. The van der Waals surface area contributed by atoms with Crippen LogP contribution in [-0.2, 0) is 28.7 Å². The van der Waals surface area contributed by atoms with Crippen molar-refractivity contribution in [3.63, 3.8) is 0 Å². The number of aliphatic hydroxyl groups excluding tert-OH is 1. The minimum Gasteiger partial charge on any atom is -0.455 e. The number of aliphatic hydroxyl groups is 1. The summed E-state index contributed by atoms with van der Waals surface area (Å²) in [5, 5.41) is 13.7. The van der Waals surface area contributed by atoms with Crippen molar-refractivity contribution in [3.8, 4) is 0 Å². The monoisotopic (exact) mass is 647 g/mol. The molecule has 242 valence electrons. The molecule has 0 radical (unpaired) electrons. The van der Waals surface area contributed by atoms with Gasteiger partial charge < -0.3 is 29.7 Å². The molecule has 3 amide bonds. The van der Waals surface area contributed by atoms with Gasteiger partial charge in [-0.15, -0.1) is 0 Å². The number of halogens is 1. The van der Waals surface area contributed by atoms with Gasteiger partial charge in [-0.05, 0) is 37.0 Å². The molecule has 46 heavy (non-hydrogen) atoms. The van der Waals surface area contributed by atoms with Gasteiger partial charge >= 0.3 is 5.97 Å². The number of hydrogen-bond acceptors (Lipinski definition) is 7. The fourth-order valence-electron chi connectivity index (χ4n) is 7.29. The number of allylic oxidation sites excluding steroid dienone is 1. The van der Waals surface area contributed by atoms with Crippen molar-refractivity contribution in [1.82, 2.24) is 10.2 Å². The maximum absolute atomic E-state index is 15.0. The van der Waals surface area contributed by atoms with E-state index in [2.05, 4.69) is 5.32 Å². The molecular weight excluding hydrogens is 610 g/mol. The minimum absolute atomic E-state index is 0.0470. The normalized spacial score (nSPS) is 31.1. The lowest BCUT2D eigenvalue weighted by Crippen LogP contribution is -2.58. The Morgan fingerprint density at radius 2 is 1.85 bits per heavy atom. The Kier molecular flexibility index (Phi) is 9.05. The molecule has 0 saturated carbocycles. The number of carbonyl (C=O) groups excluding carboxylic acids is 4. The fourth-order valence-corrected chi connectivity index (χ4v) is 7.61. The number of rotatable bonds is 5. The van der Waals surface area contributed by atoms with Crippen LogP contribution in [0.15, 0.2) is 72.8 Å². The molecule has 0 unspecified atom stereocenters. The number of aryl methyl sites for hydroxylation is 1. The molecule has 2 aromatic carbocycles. The number of ether oxygens (including phenoxy) is 2. The van der Waals surface area contributed by atoms with Crippen molar-refractivity contribution in [1.29, 1.82) is 0 Å². The summed E-state index contributed by atoms with van der Waals surface area (Å²) in [7, 11) is 0. The maximum Gasteiger partial charge on any atom is 0.313 e. The number of likely N-dealkylation sites (tertiary alicyclic amines) is 1. The Labute approximate surface area is 273 Å². The van der Waals surface area contributed by atoms with Crippen LogP contribution in [0, 0.1) is 18.8 Å². The minimum atomic E-state index is -1.47. The van der Waals surface area contributed by atoms with Gasteiger partial charge in [-0.1, -0.05) is 85.3 Å². The van der Waals surface area contributed by atoms with Crippen LogP contribution in [0.25, 0.3) is 0 Å². The standard InChI is InChI=1S/C35H38ClN3O7/c1-3-23(20-40)39-31-33(43)38(30-21(2)11-10-14-24(30)36)18-9-5-8-15-27(41)37-19-26(22-12-6-4-7-13-22)45-34(44)28-25-16-17-35(31,46-25)29(28)32(39)42/h4-7,9-14,16-17,23,25-26,28-29,31,40H,3,8,15,18-20H2,1-2H3,(H,37,41)/b9-5-/t23-,25+,26+,28-,29-,31+,35-/m0/s1. The first-order chi connectivity index (χ1) is 22.2. The lowest BCUT2D eigenvalue weighted by Gasteiger charge is -2.39. The second-order valence-corrected chi connectivity index (χ2v) is 12.6. The molecule has 1 spiro atoms. The topological polar surface area (TPSA) is 125 Å². The van der Waals surface area contributed by atoms with Gasteiger partial charge in [0.1, 0.15) is 23.7 Å². The summed E-state index contributed by atoms with van der Waals surface area (Å²) in [5.74, 6) is -3.88. The zero-order valence-corrected chi connectivity index (χ0v) is 26.6. The molecule has 2 N–H and O–H groups in total. The van der Waals surface area contributed by atoms with Crippen molar-refractivity contribution in [2.75, 3.05) is 24.6 Å². The molecule has 2 fully saturated rings. The predicted molar refractivity (Wildman–Crippen MR) is 171 cm³/mol. The average molecular weight is 648 g/mol. The third-order valence-corrected chi connectivity index (χ3v) is 9.83. The van der Waals surface area contributed by atoms with Crippen LogP contribution in [0.1, 0.15) is 43.4 Å². The molecular formula is C35H38ClN3O7. The van der Waals surface area contributed by atoms with Gasteiger partial charge in [0.2, 0.25) is 11.8 Å². The molecule has 0 aliphatic carbocycles. The highest BCUT2D eigenvalue weighted by Crippen LogP contribution is 2.56. The quantitative estimate of drug-likeness (QED) is 0.375. The van der Waals surface area contributed by atoms with Gasteiger partial charge in [-0.25, -0.2) is 0 Å². The number of fused-ring (bicyclic) bond motifs is 2. The average Bonchev–Trinajstić information content (AvgIpc) is 3.70. The largest absolute Gasteiger partial charge is 0.455 e. The molecule has 4 aliphatic rings. The molecule has 4 aliphatic heterocycles. The molecule has 10 nitrogen and oxygen atoms in total. The van der Waals surface area contributed by atoms with Gasteiger partial charge in [-0.2, -0.15) is 0 Å². The van der Waals surface area contributed by atoms with Crippen molar-refractivity contribution >= 4 is 41.0 Å². The van der Waals surface area contributed by atoms with Gasteiger partial charge in [0.25, 0.3) is 5.91 Å². The van der Waals surface area contributed by atoms with Crippen molar-refractivity contribution < 1.29 is 33.8 Å². The summed E-state index contributed by atoms with van der Waals surface area (Å²) in [6.45, 7) is 3.45. The predicted octanol–water partition coefficient (Wildman–Crippen LogP) is 3.65. The number of hydrogen-bond donors (Lipinski definition) is 2. The Bertz CT molecular complexity index is 1550. The molecule has 4 heterocycles. The lowest BCUT2D eigenvalue weighted by atomic mass is 9.74. The molecule has 11 heteroatoms. The summed E-state index contributed by atoms with van der Waals surface area (Å²) in [4.78, 5) is 59.2. The second kappa shape index (κ2) is 13.0. The van der Waals surface area contributed by atoms with E-state index in [0.29, 0.717) is 29.1 Å². The van der Waals surface area contributed by atoms with Crippen LogP contribution in [0.4, 0.5) is 5.69 Å². The molecule has 7 atom stereocenters. The number of anilines is 1. The first-order valence-electron chi connectivity index (χ1n) is 15.8. The molecule has 6 rings (SSSR count). The van der Waals surface area contributed by atoms with E-state index in [1.807, 2.05) is 56.3 Å². The third kappa shape index (κ3) is 5.42. The van der Waals surface area contributed by atoms with Crippen molar-refractivity contribution in [2.45, 2.75) is 63.0 Å². The number of amides is 3. The smallest absolute Gasteiger partial charge is 0.313 e. The second-order valence-electron chi connectivity index (χ2n) is 12.2. The zero-order valence-electron chi connectivity index (χ0n) is 25.8. The van der Waals surface area contributed by atoms with E-state index in [0.717, 1.165) is 5.56 Å². The van der Waals surface area contributed by atoms with Crippen LogP contribution < -0.4 is 10.2 Å². The number of esters is 1. The van der Waals surface area contributed by atoms with Crippen LogP contribution >= 0.6 is 11.6 Å². The summed E-state index contributed by atoms with van der Waals surface area (Å²) >= 11 is 6.70. The van der Waals surface area contributed by atoms with E-state index < -0.39 is 59.5 Å². The van der Waals surface area contributed by atoms with Crippen molar-refractivity contribution in [3.05, 3.63) is 89.0 Å². The number of nitrogens with one attached hydrogen (secondary N) is 1. The lowest BCUT2D eigenvalue weighted by molar-refractivity contribution is -0.160. The highest BCUT2D eigenvalue weighted by Gasteiger charge is 2.74. The highest BCUT2D eigenvalue weighted by atomic mass is 35.5. The van der Waals surface area contributed by atoms with Crippen molar-refractivity contribution in [2.24, 2.45) is 11.8 Å². The van der Waals surface area contributed by atoms with Gasteiger partial charge in [0.15, 0.2) is 0 Å². The van der Waals surface area contributed by atoms with E-state index in [4.69, 9.17) is 21.1 Å². The van der Waals surface area contributed by atoms with Crippen LogP contribution in [-0.4, -0.2) is 77.2 Å². The zero-order chi connectivity index (χ0) is 32.6. The van der Waals surface area contributed by atoms with Crippen LogP contribution in [0.3, 0.4) is 0 Å². The van der Waals surface area contributed by atoms with Gasteiger partial charge in [0.05, 0.1) is 41.9 Å². The van der Waals surface area contributed by atoms with Gasteiger partial charge in [-0.3, -0.25) is 19.2 Å². The van der Waals surface area contributed by atoms with E-state index in [1.54, 1.807) is 30.4 Å². The first-order valence-corrected chi connectivity index (χ1v) is 16.1. The number of nitrogens with zero attached hydrogens (tertiary/aromatic N) is 2. The number of para-hydroxylation sites is 1. The molecule has 2 saturated heterocycles. The summed E-state index contributed by atoms with van der Waals surface area (Å²) in [5.41, 5.74) is 0.455. The Morgan fingerprint density at radius 3 is 2.57 bits per heavy atom. The van der Waals surface area contributed by atoms with Crippen LogP contribution in [0.2, 0.25) is 5.02 Å². The number of cyclic esters (lactones) is 1. The summed E-state index contributed by atoms with van der Waals surface area (Å²) < 4.78 is 12.6. The molecule has 5 bridgehead atoms. The SMILES string of the molecule is CC[C@@H](CO)N1C(=O)[C@@H]2[C@H]3C(=O)O[C@@H](c4ccccc4)CNC(=O)CC/C=C\CN(c4c(C)cccc4Cl)C(=O)[C@@H]1[C@]21C=C[C@H]3O1. The van der Waals surface area contributed by atoms with E-state index in [-0.39, 0.29) is 32.0 Å². The molecule has 2 aromatic rings. The van der Waals surface area contributed by atoms with E-state index in [9.17, 15) is 24.3 Å². The van der Waals surface area contributed by atoms with E-state index in [1.165, 1.54) is 9.80 Å². The molecule has 0 aromatic heterocycles. The third-order valence-electron chi connectivity index (χ3n) is 9.52. The highest BCUT2D eigenvalue weighted by molar-refractivity contribution is 6.34. The number of carbonyl (C=O) groups is 4. The van der Waals surface area contributed by atoms with Crippen LogP contribution in [0.5, 0.6) is 0 Å². The van der Waals surface area contributed by atoms with Gasteiger partial charge in [0, 0.05) is 13.0 Å². The first kappa shape index (κ1) is 32.0. The maximum atomic E-state index is 15.0. The summed E-state index contributed by atoms with van der Waals surface area (Å²) in [6, 6.07) is 12.5.